The lowest BCUT2D eigenvalue weighted by Crippen LogP contribution is -2.29. The van der Waals surface area contributed by atoms with Gasteiger partial charge >= 0.3 is 0 Å². The van der Waals surface area contributed by atoms with Crippen LogP contribution in [0.5, 0.6) is 0 Å². The van der Waals surface area contributed by atoms with Crippen molar-refractivity contribution >= 4 is 5.78 Å². The van der Waals surface area contributed by atoms with Gasteiger partial charge in [0.1, 0.15) is 5.78 Å². The number of nitrogens with two attached hydrogens (primary N) is 1. The lowest BCUT2D eigenvalue weighted by molar-refractivity contribution is -0.117. The van der Waals surface area contributed by atoms with Crippen molar-refractivity contribution in [2.45, 2.75) is 38.6 Å². The van der Waals surface area contributed by atoms with Crippen molar-refractivity contribution in [2.24, 2.45) is 5.73 Å². The second kappa shape index (κ2) is 7.36. The number of piperidine rings is 1. The SMILES string of the molecule is NCC(=O)CCc1cc(CN2CCCCC2)ccn1. The predicted molar refractivity (Wildman–Crippen MR) is 75.7 cm³/mol. The minimum absolute atomic E-state index is 0.100. The van der Waals surface area contributed by atoms with E-state index in [1.54, 1.807) is 0 Å². The Balaban J connectivity index is 1.88. The molecule has 1 saturated heterocycles. The first-order chi connectivity index (χ1) is 9.28. The fourth-order valence-corrected chi connectivity index (χ4v) is 2.51. The molecule has 0 bridgehead atoms. The van der Waals surface area contributed by atoms with Gasteiger partial charge in [0.05, 0.1) is 6.54 Å². The quantitative estimate of drug-likeness (QED) is 0.843. The summed E-state index contributed by atoms with van der Waals surface area (Å²) in [6.45, 7) is 3.53. The first kappa shape index (κ1) is 14.2. The number of rotatable bonds is 6. The van der Waals surface area contributed by atoms with Gasteiger partial charge in [-0.25, -0.2) is 0 Å². The zero-order valence-electron chi connectivity index (χ0n) is 11.5. The molecule has 2 rings (SSSR count). The van der Waals surface area contributed by atoms with Gasteiger partial charge in [0.15, 0.2) is 0 Å². The summed E-state index contributed by atoms with van der Waals surface area (Å²) in [5.74, 6) is 0.100. The Morgan fingerprint density at radius 3 is 2.84 bits per heavy atom. The zero-order chi connectivity index (χ0) is 13.5. The van der Waals surface area contributed by atoms with Crippen molar-refractivity contribution in [3.8, 4) is 0 Å². The molecular formula is C15H23N3O. The Hall–Kier alpha value is -1.26. The monoisotopic (exact) mass is 261 g/mol. The number of carbonyl (C=O) groups is 1. The van der Waals surface area contributed by atoms with Crippen molar-refractivity contribution in [1.29, 1.82) is 0 Å². The molecule has 19 heavy (non-hydrogen) atoms. The van der Waals surface area contributed by atoms with E-state index in [0.717, 1.165) is 12.2 Å². The summed E-state index contributed by atoms with van der Waals surface area (Å²) in [7, 11) is 0. The van der Waals surface area contributed by atoms with Gasteiger partial charge in [-0.3, -0.25) is 14.7 Å². The first-order valence-electron chi connectivity index (χ1n) is 7.16. The minimum atomic E-state index is 0.100. The van der Waals surface area contributed by atoms with Crippen molar-refractivity contribution in [2.75, 3.05) is 19.6 Å². The molecule has 0 saturated carbocycles. The number of aromatic nitrogens is 1. The van der Waals surface area contributed by atoms with Gasteiger partial charge in [0.25, 0.3) is 0 Å². The average molecular weight is 261 g/mol. The van der Waals surface area contributed by atoms with E-state index in [1.807, 2.05) is 6.20 Å². The van der Waals surface area contributed by atoms with E-state index in [1.165, 1.54) is 37.9 Å². The fourth-order valence-electron chi connectivity index (χ4n) is 2.51. The van der Waals surface area contributed by atoms with E-state index >= 15 is 0 Å². The highest BCUT2D eigenvalue weighted by Gasteiger charge is 2.10. The highest BCUT2D eigenvalue weighted by atomic mass is 16.1. The van der Waals surface area contributed by atoms with Gasteiger partial charge < -0.3 is 5.73 Å². The Kier molecular flexibility index (Phi) is 5.48. The highest BCUT2D eigenvalue weighted by molar-refractivity contribution is 5.80. The number of likely N-dealkylation sites (tertiary alicyclic amines) is 1. The smallest absolute Gasteiger partial charge is 0.146 e. The van der Waals surface area contributed by atoms with Crippen LogP contribution in [0.4, 0.5) is 0 Å². The normalized spacial score (nSPS) is 16.5. The van der Waals surface area contributed by atoms with Gasteiger partial charge in [0.2, 0.25) is 0 Å². The van der Waals surface area contributed by atoms with Crippen LogP contribution in [0.15, 0.2) is 18.3 Å². The Bertz CT molecular complexity index is 414. The van der Waals surface area contributed by atoms with Crippen LogP contribution >= 0.6 is 0 Å². The molecule has 1 aliphatic heterocycles. The predicted octanol–water partition coefficient (Wildman–Crippen LogP) is 1.53. The van der Waals surface area contributed by atoms with E-state index in [0.29, 0.717) is 12.8 Å². The largest absolute Gasteiger partial charge is 0.324 e. The van der Waals surface area contributed by atoms with Gasteiger partial charge in [0, 0.05) is 24.9 Å². The molecule has 0 amide bonds. The summed E-state index contributed by atoms with van der Waals surface area (Å²) in [4.78, 5) is 18.0. The molecular weight excluding hydrogens is 238 g/mol. The van der Waals surface area contributed by atoms with Crippen LogP contribution in [0.3, 0.4) is 0 Å². The molecule has 2 heterocycles. The van der Waals surface area contributed by atoms with Crippen LogP contribution in [0.1, 0.15) is 36.9 Å². The third kappa shape index (κ3) is 4.73. The number of hydrogen-bond acceptors (Lipinski definition) is 4. The van der Waals surface area contributed by atoms with E-state index < -0.39 is 0 Å². The minimum Gasteiger partial charge on any atom is -0.324 e. The molecule has 104 valence electrons. The molecule has 1 aromatic heterocycles. The second-order valence-electron chi connectivity index (χ2n) is 5.24. The Labute approximate surface area is 115 Å². The number of carbonyl (C=O) groups excluding carboxylic acids is 1. The van der Waals surface area contributed by atoms with Crippen LogP contribution in [-0.2, 0) is 17.8 Å². The molecule has 1 aliphatic rings. The van der Waals surface area contributed by atoms with Crippen LogP contribution in [0, 0.1) is 0 Å². The molecule has 0 aliphatic carbocycles. The summed E-state index contributed by atoms with van der Waals surface area (Å²) < 4.78 is 0. The van der Waals surface area contributed by atoms with E-state index in [4.69, 9.17) is 5.73 Å². The van der Waals surface area contributed by atoms with Gasteiger partial charge in [-0.15, -0.1) is 0 Å². The molecule has 1 aromatic rings. The summed E-state index contributed by atoms with van der Waals surface area (Å²) in [5, 5.41) is 0. The van der Waals surface area contributed by atoms with Crippen LogP contribution < -0.4 is 5.73 Å². The molecule has 0 spiro atoms. The summed E-state index contributed by atoms with van der Waals surface area (Å²) in [6, 6.07) is 4.20. The van der Waals surface area contributed by atoms with Crippen molar-refractivity contribution in [1.82, 2.24) is 9.88 Å². The molecule has 0 unspecified atom stereocenters. The maximum Gasteiger partial charge on any atom is 0.146 e. The standard InChI is InChI=1S/C15H23N3O/c16-11-15(19)5-4-14-10-13(6-7-17-14)12-18-8-2-1-3-9-18/h6-7,10H,1-5,8-9,11-12,16H2. The highest BCUT2D eigenvalue weighted by Crippen LogP contribution is 2.13. The molecule has 0 atom stereocenters. The third-order valence-electron chi connectivity index (χ3n) is 3.62. The topological polar surface area (TPSA) is 59.2 Å². The summed E-state index contributed by atoms with van der Waals surface area (Å²) >= 11 is 0. The molecule has 2 N–H and O–H groups in total. The van der Waals surface area contributed by atoms with Crippen molar-refractivity contribution in [3.05, 3.63) is 29.6 Å². The second-order valence-corrected chi connectivity index (χ2v) is 5.24. The Morgan fingerprint density at radius 2 is 2.11 bits per heavy atom. The van der Waals surface area contributed by atoms with Gasteiger partial charge in [-0.2, -0.15) is 0 Å². The summed E-state index contributed by atoms with van der Waals surface area (Å²) in [6.07, 6.45) is 7.02. The number of aryl methyl sites for hydroxylation is 1. The molecule has 4 nitrogen and oxygen atoms in total. The summed E-state index contributed by atoms with van der Waals surface area (Å²) in [5.41, 5.74) is 7.61. The number of ketones is 1. The number of nitrogens with zero attached hydrogens (tertiary/aromatic N) is 2. The maximum atomic E-state index is 11.2. The number of hydrogen-bond donors (Lipinski definition) is 1. The fraction of sp³-hybridized carbons (Fsp3) is 0.600. The van der Waals surface area contributed by atoms with Gasteiger partial charge in [-0.1, -0.05) is 6.42 Å². The number of pyridine rings is 1. The van der Waals surface area contributed by atoms with E-state index in [-0.39, 0.29) is 12.3 Å². The zero-order valence-corrected chi connectivity index (χ0v) is 11.5. The average Bonchev–Trinajstić information content (AvgIpc) is 2.46. The van der Waals surface area contributed by atoms with Crippen LogP contribution in [0.2, 0.25) is 0 Å². The van der Waals surface area contributed by atoms with E-state index in [2.05, 4.69) is 22.0 Å². The molecule has 1 fully saturated rings. The molecule has 4 heteroatoms. The van der Waals surface area contributed by atoms with E-state index in [9.17, 15) is 4.79 Å². The maximum absolute atomic E-state index is 11.2. The lowest BCUT2D eigenvalue weighted by atomic mass is 10.1. The Morgan fingerprint density at radius 1 is 1.32 bits per heavy atom. The van der Waals surface area contributed by atoms with Crippen LogP contribution in [0.25, 0.3) is 0 Å². The van der Waals surface area contributed by atoms with Crippen LogP contribution in [-0.4, -0.2) is 35.3 Å². The third-order valence-corrected chi connectivity index (χ3v) is 3.62. The molecule has 0 radical (unpaired) electrons. The van der Waals surface area contributed by atoms with Crippen molar-refractivity contribution in [3.63, 3.8) is 0 Å². The molecule has 0 aromatic carbocycles. The lowest BCUT2D eigenvalue weighted by Gasteiger charge is -2.26. The van der Waals surface area contributed by atoms with Crippen molar-refractivity contribution < 1.29 is 4.79 Å². The first-order valence-corrected chi connectivity index (χ1v) is 7.16. The number of Topliss-reactive ketones (excluding diaryl/α,β-unsaturated/α-hetero) is 1. The van der Waals surface area contributed by atoms with Gasteiger partial charge in [-0.05, 0) is 50.0 Å².